The lowest BCUT2D eigenvalue weighted by Gasteiger charge is -2.30. The Morgan fingerprint density at radius 3 is 2.76 bits per heavy atom. The van der Waals surface area contributed by atoms with Gasteiger partial charge in [-0.15, -0.1) is 10.2 Å². The monoisotopic (exact) mass is 290 g/mol. The van der Waals surface area contributed by atoms with Crippen molar-refractivity contribution in [3.63, 3.8) is 0 Å². The third-order valence-electron chi connectivity index (χ3n) is 3.58. The van der Waals surface area contributed by atoms with E-state index >= 15 is 0 Å². The molecule has 3 heterocycles. The van der Waals surface area contributed by atoms with Crippen LogP contribution in [0.25, 0.3) is 11.5 Å². The van der Waals surface area contributed by atoms with Gasteiger partial charge in [0, 0.05) is 32.2 Å². The standard InChI is InChI=1S/C13H18N6O2/c1-9(19-7-5-14-6-8-19)13-15-12(18-21-13)10-3-4-11(20-2)17-16-10/h3-4,9,14H,5-8H2,1-2H3. The summed E-state index contributed by atoms with van der Waals surface area (Å²) in [6, 6.07) is 3.58. The van der Waals surface area contributed by atoms with Gasteiger partial charge in [0.1, 0.15) is 5.69 Å². The first kappa shape index (κ1) is 13.9. The Hall–Kier alpha value is -2.06. The molecule has 0 aliphatic carbocycles. The van der Waals surface area contributed by atoms with Gasteiger partial charge in [-0.2, -0.15) is 4.98 Å². The minimum absolute atomic E-state index is 0.0968. The largest absolute Gasteiger partial charge is 0.480 e. The summed E-state index contributed by atoms with van der Waals surface area (Å²) in [6.07, 6.45) is 0. The van der Waals surface area contributed by atoms with Crippen LogP contribution in [-0.4, -0.2) is 58.5 Å². The van der Waals surface area contributed by atoms with E-state index < -0.39 is 0 Å². The summed E-state index contributed by atoms with van der Waals surface area (Å²) in [5.74, 6) is 1.50. The summed E-state index contributed by atoms with van der Waals surface area (Å²) in [4.78, 5) is 6.74. The number of nitrogens with zero attached hydrogens (tertiary/aromatic N) is 5. The highest BCUT2D eigenvalue weighted by Crippen LogP contribution is 2.21. The van der Waals surface area contributed by atoms with Crippen molar-refractivity contribution in [2.75, 3.05) is 33.3 Å². The van der Waals surface area contributed by atoms with Crippen LogP contribution in [0, 0.1) is 0 Å². The Balaban J connectivity index is 1.75. The zero-order chi connectivity index (χ0) is 14.7. The van der Waals surface area contributed by atoms with E-state index in [0.717, 1.165) is 26.2 Å². The lowest BCUT2D eigenvalue weighted by Crippen LogP contribution is -2.44. The average Bonchev–Trinajstić information content (AvgIpc) is 3.05. The van der Waals surface area contributed by atoms with Gasteiger partial charge in [0.05, 0.1) is 13.2 Å². The highest BCUT2D eigenvalue weighted by molar-refractivity contribution is 5.47. The first-order chi connectivity index (χ1) is 10.3. The van der Waals surface area contributed by atoms with Crippen LogP contribution in [-0.2, 0) is 0 Å². The van der Waals surface area contributed by atoms with E-state index in [1.54, 1.807) is 19.2 Å². The zero-order valence-corrected chi connectivity index (χ0v) is 12.1. The summed E-state index contributed by atoms with van der Waals surface area (Å²) in [5.41, 5.74) is 0.568. The SMILES string of the molecule is COc1ccc(-c2noc(C(C)N3CCNCC3)n2)nn1. The van der Waals surface area contributed by atoms with Crippen molar-refractivity contribution in [3.8, 4) is 17.4 Å². The maximum absolute atomic E-state index is 5.37. The molecule has 0 aromatic carbocycles. The molecular weight excluding hydrogens is 272 g/mol. The fraction of sp³-hybridized carbons (Fsp3) is 0.538. The number of hydrogen-bond acceptors (Lipinski definition) is 8. The van der Waals surface area contributed by atoms with Crippen molar-refractivity contribution in [3.05, 3.63) is 18.0 Å². The molecule has 1 saturated heterocycles. The van der Waals surface area contributed by atoms with Gasteiger partial charge in [0.25, 0.3) is 0 Å². The fourth-order valence-corrected chi connectivity index (χ4v) is 2.28. The van der Waals surface area contributed by atoms with Crippen molar-refractivity contribution in [2.45, 2.75) is 13.0 Å². The second kappa shape index (κ2) is 6.15. The fourth-order valence-electron chi connectivity index (χ4n) is 2.28. The molecular formula is C13H18N6O2. The molecule has 0 radical (unpaired) electrons. The van der Waals surface area contributed by atoms with Gasteiger partial charge in [-0.05, 0) is 13.0 Å². The smallest absolute Gasteiger partial charge is 0.244 e. The van der Waals surface area contributed by atoms with Crippen molar-refractivity contribution in [2.24, 2.45) is 0 Å². The molecule has 2 aromatic rings. The van der Waals surface area contributed by atoms with E-state index in [1.165, 1.54) is 0 Å². The van der Waals surface area contributed by atoms with Crippen molar-refractivity contribution in [1.82, 2.24) is 30.6 Å². The van der Waals surface area contributed by atoms with E-state index in [2.05, 4.69) is 37.5 Å². The van der Waals surface area contributed by atoms with Crippen LogP contribution in [0.15, 0.2) is 16.7 Å². The van der Waals surface area contributed by atoms with Gasteiger partial charge >= 0.3 is 0 Å². The number of ether oxygens (including phenoxy) is 1. The normalized spacial score (nSPS) is 17.6. The summed E-state index contributed by atoms with van der Waals surface area (Å²) in [6.45, 7) is 5.98. The molecule has 3 rings (SSSR count). The Labute approximate surface area is 122 Å². The quantitative estimate of drug-likeness (QED) is 0.871. The number of nitrogens with one attached hydrogen (secondary N) is 1. The van der Waals surface area contributed by atoms with Crippen LogP contribution in [0.2, 0.25) is 0 Å². The molecule has 1 aliphatic heterocycles. The molecule has 1 fully saturated rings. The van der Waals surface area contributed by atoms with Crippen molar-refractivity contribution < 1.29 is 9.26 Å². The third kappa shape index (κ3) is 3.01. The number of hydrogen-bond donors (Lipinski definition) is 1. The zero-order valence-electron chi connectivity index (χ0n) is 12.1. The molecule has 0 amide bonds. The molecule has 8 heteroatoms. The molecule has 112 valence electrons. The molecule has 1 N–H and O–H groups in total. The van der Waals surface area contributed by atoms with Gasteiger partial charge < -0.3 is 14.6 Å². The minimum Gasteiger partial charge on any atom is -0.480 e. The average molecular weight is 290 g/mol. The topological polar surface area (TPSA) is 89.2 Å². The molecule has 0 spiro atoms. The van der Waals surface area contributed by atoms with Crippen LogP contribution in [0.3, 0.4) is 0 Å². The highest BCUT2D eigenvalue weighted by atomic mass is 16.5. The molecule has 1 atom stereocenters. The summed E-state index contributed by atoms with van der Waals surface area (Å²) >= 11 is 0. The van der Waals surface area contributed by atoms with Crippen LogP contribution in [0.5, 0.6) is 5.88 Å². The van der Waals surface area contributed by atoms with Gasteiger partial charge in [-0.1, -0.05) is 5.16 Å². The lowest BCUT2D eigenvalue weighted by molar-refractivity contribution is 0.154. The maximum atomic E-state index is 5.37. The number of rotatable bonds is 4. The van der Waals surface area contributed by atoms with Gasteiger partial charge in [-0.3, -0.25) is 4.90 Å². The summed E-state index contributed by atoms with van der Waals surface area (Å²) in [5, 5.41) is 15.2. The molecule has 1 aliphatic rings. The number of methoxy groups -OCH3 is 1. The molecule has 8 nitrogen and oxygen atoms in total. The first-order valence-electron chi connectivity index (χ1n) is 6.94. The van der Waals surface area contributed by atoms with E-state index in [0.29, 0.717) is 23.3 Å². The van der Waals surface area contributed by atoms with Crippen LogP contribution in [0.1, 0.15) is 18.9 Å². The molecule has 2 aromatic heterocycles. The maximum Gasteiger partial charge on any atom is 0.244 e. The third-order valence-corrected chi connectivity index (χ3v) is 3.58. The number of piperazine rings is 1. The van der Waals surface area contributed by atoms with E-state index in [4.69, 9.17) is 9.26 Å². The predicted molar refractivity (Wildman–Crippen MR) is 74.7 cm³/mol. The predicted octanol–water partition coefficient (Wildman–Crippen LogP) is 0.501. The second-order valence-electron chi connectivity index (χ2n) is 4.88. The Bertz CT molecular complexity index is 579. The Kier molecular flexibility index (Phi) is 4.07. The molecule has 0 bridgehead atoms. The molecule has 21 heavy (non-hydrogen) atoms. The molecule has 0 saturated carbocycles. The van der Waals surface area contributed by atoms with E-state index in [9.17, 15) is 0 Å². The van der Waals surface area contributed by atoms with Crippen LogP contribution < -0.4 is 10.1 Å². The lowest BCUT2D eigenvalue weighted by atomic mass is 10.2. The van der Waals surface area contributed by atoms with Crippen molar-refractivity contribution >= 4 is 0 Å². The molecule has 1 unspecified atom stereocenters. The van der Waals surface area contributed by atoms with E-state index in [-0.39, 0.29) is 6.04 Å². The minimum atomic E-state index is 0.0968. The van der Waals surface area contributed by atoms with Gasteiger partial charge in [0.15, 0.2) is 0 Å². The Morgan fingerprint density at radius 1 is 1.29 bits per heavy atom. The van der Waals surface area contributed by atoms with Crippen molar-refractivity contribution in [1.29, 1.82) is 0 Å². The van der Waals surface area contributed by atoms with Gasteiger partial charge in [0.2, 0.25) is 17.6 Å². The summed E-state index contributed by atoms with van der Waals surface area (Å²) < 4.78 is 10.3. The summed E-state index contributed by atoms with van der Waals surface area (Å²) in [7, 11) is 1.55. The van der Waals surface area contributed by atoms with E-state index in [1.807, 2.05) is 0 Å². The van der Waals surface area contributed by atoms with Gasteiger partial charge in [-0.25, -0.2) is 0 Å². The second-order valence-corrected chi connectivity index (χ2v) is 4.88. The Morgan fingerprint density at radius 2 is 2.10 bits per heavy atom. The number of aromatic nitrogens is 4. The van der Waals surface area contributed by atoms with Crippen LogP contribution in [0.4, 0.5) is 0 Å². The highest BCUT2D eigenvalue weighted by Gasteiger charge is 2.23. The van der Waals surface area contributed by atoms with Crippen LogP contribution >= 0.6 is 0 Å². The first-order valence-corrected chi connectivity index (χ1v) is 6.94.